The van der Waals surface area contributed by atoms with Gasteiger partial charge in [-0.25, -0.2) is 4.79 Å². The van der Waals surface area contributed by atoms with Crippen LogP contribution in [-0.2, 0) is 11.2 Å². The molecule has 1 heterocycles. The molecule has 0 aliphatic heterocycles. The van der Waals surface area contributed by atoms with E-state index in [0.717, 1.165) is 36.5 Å². The topological polar surface area (TPSA) is 46.5 Å². The van der Waals surface area contributed by atoms with Gasteiger partial charge in [-0.1, -0.05) is 57.4 Å². The Morgan fingerprint density at radius 3 is 2.56 bits per heavy atom. The van der Waals surface area contributed by atoms with Crippen molar-refractivity contribution in [3.63, 3.8) is 0 Å². The molecule has 1 unspecified atom stereocenters. The van der Waals surface area contributed by atoms with E-state index in [9.17, 15) is 9.90 Å². The molecule has 2 saturated carbocycles. The van der Waals surface area contributed by atoms with Crippen molar-refractivity contribution in [3.8, 4) is 0 Å². The second kappa shape index (κ2) is 15.0. The molecular weight excluding hydrogens is 460 g/mol. The van der Waals surface area contributed by atoms with E-state index in [1.54, 1.807) is 11.8 Å². The van der Waals surface area contributed by atoms with Gasteiger partial charge < -0.3 is 9.84 Å². The minimum Gasteiger partial charge on any atom is -0.465 e. The molecule has 0 amide bonds. The first-order valence-corrected chi connectivity index (χ1v) is 14.5. The first-order valence-electron chi connectivity index (χ1n) is 12.8. The van der Waals surface area contributed by atoms with Gasteiger partial charge in [0.1, 0.15) is 4.88 Å². The van der Waals surface area contributed by atoms with E-state index in [1.165, 1.54) is 73.2 Å². The lowest BCUT2D eigenvalue weighted by Gasteiger charge is -2.46. The average molecular weight is 505 g/mol. The van der Waals surface area contributed by atoms with Crippen molar-refractivity contribution >= 4 is 29.1 Å². The number of carbonyl (C=O) groups is 1. The average Bonchev–Trinajstić information content (AvgIpc) is 3.47. The third kappa shape index (κ3) is 9.05. The molecule has 2 fully saturated rings. The van der Waals surface area contributed by atoms with Crippen molar-refractivity contribution in [1.29, 1.82) is 0 Å². The summed E-state index contributed by atoms with van der Waals surface area (Å²) in [5.74, 6) is 0.539. The maximum atomic E-state index is 11.0. The number of carbonyl (C=O) groups excluding carboxylic acids is 1. The SMILES string of the molecule is C=C(C)S/C(=C\C)CC1(C(O)C/C=C/C2CCCC2)CCC1.CCCc1ccc(C(=O)OC)s1. The summed E-state index contributed by atoms with van der Waals surface area (Å²) in [6.07, 6.45) is 19.6. The van der Waals surface area contributed by atoms with Gasteiger partial charge in [0, 0.05) is 10.3 Å². The Labute approximate surface area is 215 Å². The van der Waals surface area contributed by atoms with Crippen LogP contribution in [0.25, 0.3) is 0 Å². The lowest BCUT2D eigenvalue weighted by molar-refractivity contribution is -0.0310. The number of rotatable bonds is 11. The van der Waals surface area contributed by atoms with Gasteiger partial charge in [-0.15, -0.1) is 23.1 Å². The highest BCUT2D eigenvalue weighted by Gasteiger charge is 2.43. The molecule has 1 atom stereocenters. The van der Waals surface area contributed by atoms with Crippen LogP contribution in [0.1, 0.15) is 99.5 Å². The normalized spacial score (nSPS) is 18.8. The Hall–Kier alpha value is -1.30. The smallest absolute Gasteiger partial charge is 0.348 e. The van der Waals surface area contributed by atoms with Gasteiger partial charge in [-0.05, 0) is 86.7 Å². The van der Waals surface area contributed by atoms with E-state index in [1.807, 2.05) is 12.1 Å². The molecule has 190 valence electrons. The number of aliphatic hydroxyl groups excluding tert-OH is 1. The summed E-state index contributed by atoms with van der Waals surface area (Å²) in [5.41, 5.74) is 0.115. The van der Waals surface area contributed by atoms with Crippen LogP contribution >= 0.6 is 23.1 Å². The Bertz CT molecular complexity index is 826. The number of hydrogen-bond donors (Lipinski definition) is 1. The summed E-state index contributed by atoms with van der Waals surface area (Å²) in [6, 6.07) is 3.81. The summed E-state index contributed by atoms with van der Waals surface area (Å²) in [5, 5.41) is 10.8. The summed E-state index contributed by atoms with van der Waals surface area (Å²) in [6.45, 7) is 10.3. The van der Waals surface area contributed by atoms with Crippen molar-refractivity contribution in [3.05, 3.63) is 56.5 Å². The van der Waals surface area contributed by atoms with Gasteiger partial charge >= 0.3 is 5.97 Å². The van der Waals surface area contributed by atoms with Gasteiger partial charge in [-0.3, -0.25) is 0 Å². The lowest BCUT2D eigenvalue weighted by atomic mass is 9.62. The van der Waals surface area contributed by atoms with Crippen molar-refractivity contribution < 1.29 is 14.6 Å². The Morgan fingerprint density at radius 1 is 1.32 bits per heavy atom. The van der Waals surface area contributed by atoms with E-state index < -0.39 is 0 Å². The second-order valence-corrected chi connectivity index (χ2v) is 12.3. The zero-order chi connectivity index (χ0) is 25.0. The van der Waals surface area contributed by atoms with Crippen LogP contribution in [0.15, 0.2) is 46.8 Å². The molecule has 0 radical (unpaired) electrons. The molecule has 1 aromatic rings. The monoisotopic (exact) mass is 504 g/mol. The molecule has 3 nitrogen and oxygen atoms in total. The van der Waals surface area contributed by atoms with Gasteiger partial charge in [0.25, 0.3) is 0 Å². The molecule has 1 N–H and O–H groups in total. The van der Waals surface area contributed by atoms with Crippen molar-refractivity contribution in [2.75, 3.05) is 7.11 Å². The lowest BCUT2D eigenvalue weighted by Crippen LogP contribution is -2.41. The van der Waals surface area contributed by atoms with Crippen LogP contribution in [0.4, 0.5) is 0 Å². The van der Waals surface area contributed by atoms with Gasteiger partial charge in [-0.2, -0.15) is 0 Å². The van der Waals surface area contributed by atoms with E-state index in [0.29, 0.717) is 4.88 Å². The number of thiophene rings is 1. The fourth-order valence-corrected chi connectivity index (χ4v) is 6.75. The first-order chi connectivity index (χ1) is 16.3. The van der Waals surface area contributed by atoms with Crippen molar-refractivity contribution in [2.24, 2.45) is 11.3 Å². The molecule has 3 rings (SSSR count). The van der Waals surface area contributed by atoms with Crippen LogP contribution in [-0.4, -0.2) is 24.3 Å². The van der Waals surface area contributed by atoms with E-state index >= 15 is 0 Å². The zero-order valence-electron chi connectivity index (χ0n) is 21.6. The molecular formula is C29H44O3S2. The summed E-state index contributed by atoms with van der Waals surface area (Å²) in [7, 11) is 1.40. The third-order valence-electron chi connectivity index (χ3n) is 6.92. The Kier molecular flexibility index (Phi) is 12.7. The van der Waals surface area contributed by atoms with Crippen LogP contribution < -0.4 is 0 Å². The molecule has 2 aliphatic rings. The van der Waals surface area contributed by atoms with Crippen molar-refractivity contribution in [1.82, 2.24) is 0 Å². The van der Waals surface area contributed by atoms with Crippen molar-refractivity contribution in [2.45, 2.75) is 97.5 Å². The summed E-state index contributed by atoms with van der Waals surface area (Å²) < 4.78 is 4.60. The molecule has 34 heavy (non-hydrogen) atoms. The highest BCUT2D eigenvalue weighted by molar-refractivity contribution is 8.06. The van der Waals surface area contributed by atoms with Gasteiger partial charge in [0.15, 0.2) is 0 Å². The Morgan fingerprint density at radius 2 is 2.03 bits per heavy atom. The maximum absolute atomic E-state index is 11.0. The largest absolute Gasteiger partial charge is 0.465 e. The second-order valence-electron chi connectivity index (χ2n) is 9.68. The zero-order valence-corrected chi connectivity index (χ0v) is 23.2. The van der Waals surface area contributed by atoms with Crippen LogP contribution in [0.5, 0.6) is 0 Å². The predicted octanol–water partition coefficient (Wildman–Crippen LogP) is 8.70. The summed E-state index contributed by atoms with van der Waals surface area (Å²) >= 11 is 3.29. The highest BCUT2D eigenvalue weighted by atomic mass is 32.2. The molecule has 0 aromatic carbocycles. The molecule has 0 spiro atoms. The first kappa shape index (κ1) is 28.9. The maximum Gasteiger partial charge on any atom is 0.348 e. The minimum absolute atomic E-state index is 0.115. The number of allylic oxidation sites excluding steroid dienone is 4. The highest BCUT2D eigenvalue weighted by Crippen LogP contribution is 2.51. The molecule has 5 heteroatoms. The van der Waals surface area contributed by atoms with Crippen LogP contribution in [0.2, 0.25) is 0 Å². The van der Waals surface area contributed by atoms with E-state index in [2.05, 4.69) is 50.3 Å². The number of hydrogen-bond acceptors (Lipinski definition) is 5. The van der Waals surface area contributed by atoms with E-state index in [-0.39, 0.29) is 17.5 Å². The number of aliphatic hydroxyl groups is 1. The number of aryl methyl sites for hydroxylation is 1. The summed E-state index contributed by atoms with van der Waals surface area (Å²) in [4.78, 5) is 15.5. The van der Waals surface area contributed by atoms with Gasteiger partial charge in [0.05, 0.1) is 13.2 Å². The minimum atomic E-state index is -0.234. The van der Waals surface area contributed by atoms with E-state index in [4.69, 9.17) is 0 Å². The number of methoxy groups -OCH3 is 1. The quantitative estimate of drug-likeness (QED) is 0.242. The molecule has 2 aliphatic carbocycles. The number of esters is 1. The predicted molar refractivity (Wildman–Crippen MR) is 148 cm³/mol. The van der Waals surface area contributed by atoms with Gasteiger partial charge in [0.2, 0.25) is 0 Å². The Balaban J connectivity index is 0.000000287. The number of thioether (sulfide) groups is 1. The standard InChI is InChI=1S/C20H32OS.C9H12O2S/c1-4-18(22-16(2)3)15-20(13-8-14-20)19(21)12-7-11-17-9-5-6-10-17;1-3-4-7-5-6-8(12-7)9(10)11-2/h4,7,11,17,19,21H,2,5-6,8-10,12-15H2,1,3H3;5-6H,3-4H2,1-2H3/b11-7+,18-4-;. The fraction of sp³-hybridized carbons (Fsp3) is 0.621. The van der Waals surface area contributed by atoms with Crippen LogP contribution in [0.3, 0.4) is 0 Å². The molecule has 1 aromatic heterocycles. The molecule has 0 saturated heterocycles. The fourth-order valence-electron chi connectivity index (χ4n) is 4.80. The number of ether oxygens (including phenoxy) is 1. The van der Waals surface area contributed by atoms with Crippen LogP contribution in [0, 0.1) is 11.3 Å². The third-order valence-corrected chi connectivity index (χ3v) is 9.04. The molecule has 0 bridgehead atoms.